The van der Waals surface area contributed by atoms with E-state index in [0.717, 1.165) is 22.7 Å². The van der Waals surface area contributed by atoms with Crippen molar-refractivity contribution in [1.29, 1.82) is 0 Å². The summed E-state index contributed by atoms with van der Waals surface area (Å²) in [6.07, 6.45) is 1.85. The number of amides is 2. The highest BCUT2D eigenvalue weighted by atomic mass is 16.4. The Labute approximate surface area is 154 Å². The number of anilines is 1. The van der Waals surface area contributed by atoms with Crippen LogP contribution < -0.4 is 5.32 Å². The number of fused-ring (bicyclic) bond motifs is 2. The molecule has 7 nitrogen and oxygen atoms in total. The highest BCUT2D eigenvalue weighted by molar-refractivity contribution is 6.15. The van der Waals surface area contributed by atoms with Crippen molar-refractivity contribution in [1.82, 2.24) is 5.01 Å². The van der Waals surface area contributed by atoms with Crippen LogP contribution in [0, 0.1) is 0 Å². The van der Waals surface area contributed by atoms with Crippen LogP contribution in [0.15, 0.2) is 71.9 Å². The minimum absolute atomic E-state index is 0.201. The van der Waals surface area contributed by atoms with Gasteiger partial charge in [-0.25, -0.2) is 9.80 Å². The molecule has 0 radical (unpaired) electrons. The molecule has 2 aliphatic rings. The van der Waals surface area contributed by atoms with Gasteiger partial charge in [-0.05, 0) is 11.6 Å². The first kappa shape index (κ1) is 16.7. The largest absolute Gasteiger partial charge is 0.478 e. The molecular weight excluding hydrogens is 346 g/mol. The number of benzene rings is 2. The van der Waals surface area contributed by atoms with Crippen molar-refractivity contribution < 1.29 is 19.5 Å². The van der Waals surface area contributed by atoms with E-state index in [9.17, 15) is 14.4 Å². The zero-order valence-electron chi connectivity index (χ0n) is 14.1. The maximum atomic E-state index is 13.0. The molecule has 1 spiro atoms. The smallest absolute Gasteiger partial charge is 0.328 e. The molecule has 1 unspecified atom stereocenters. The molecular formula is C20H15N3O4. The average molecular weight is 361 g/mol. The maximum absolute atomic E-state index is 13.0. The Bertz CT molecular complexity index is 1010. The second kappa shape index (κ2) is 6.21. The summed E-state index contributed by atoms with van der Waals surface area (Å²) in [5.74, 6) is -2.29. The molecule has 0 aromatic heterocycles. The van der Waals surface area contributed by atoms with Crippen LogP contribution in [0.4, 0.5) is 5.69 Å². The maximum Gasteiger partial charge on any atom is 0.328 e. The number of hydrazone groups is 1. The Morgan fingerprint density at radius 2 is 1.78 bits per heavy atom. The fourth-order valence-corrected chi connectivity index (χ4v) is 3.49. The summed E-state index contributed by atoms with van der Waals surface area (Å²) < 4.78 is 0. The second-order valence-electron chi connectivity index (χ2n) is 6.27. The SMILES string of the molecule is O=C(O)C=CC(=O)N1N=C(c2ccccc2)CC12C(=O)Nc1ccccc12. The number of carbonyl (C=O) groups is 3. The summed E-state index contributed by atoms with van der Waals surface area (Å²) in [7, 11) is 0. The first-order valence-corrected chi connectivity index (χ1v) is 8.31. The van der Waals surface area contributed by atoms with Gasteiger partial charge in [0.15, 0.2) is 5.54 Å². The lowest BCUT2D eigenvalue weighted by Crippen LogP contribution is -2.48. The van der Waals surface area contributed by atoms with Crippen molar-refractivity contribution in [3.05, 3.63) is 77.9 Å². The standard InChI is InChI=1S/C20H15N3O4/c24-17(10-11-18(25)26)23-20(12-16(22-23)13-6-2-1-3-7-13)14-8-4-5-9-15(14)21-19(20)27/h1-11H,12H2,(H,21,27)(H,25,26). The Hall–Kier alpha value is -3.74. The fraction of sp³-hybridized carbons (Fsp3) is 0.100. The van der Waals surface area contributed by atoms with Crippen LogP contribution in [0.25, 0.3) is 0 Å². The van der Waals surface area contributed by atoms with Crippen molar-refractivity contribution in [3.8, 4) is 0 Å². The number of hydrogen-bond acceptors (Lipinski definition) is 4. The second-order valence-corrected chi connectivity index (χ2v) is 6.27. The summed E-state index contributed by atoms with van der Waals surface area (Å²) in [5.41, 5.74) is 1.31. The number of carboxylic acids is 1. The fourth-order valence-electron chi connectivity index (χ4n) is 3.49. The molecule has 0 saturated carbocycles. The van der Waals surface area contributed by atoms with Crippen LogP contribution in [0.1, 0.15) is 17.5 Å². The van der Waals surface area contributed by atoms with E-state index in [-0.39, 0.29) is 12.3 Å². The van der Waals surface area contributed by atoms with Gasteiger partial charge in [-0.1, -0.05) is 48.5 Å². The molecule has 4 rings (SSSR count). The molecule has 0 fully saturated rings. The Balaban J connectivity index is 1.84. The summed E-state index contributed by atoms with van der Waals surface area (Å²) in [4.78, 5) is 36.5. The number of hydrogen-bond donors (Lipinski definition) is 2. The Kier molecular flexibility index (Phi) is 3.84. The first-order chi connectivity index (χ1) is 13.0. The molecule has 27 heavy (non-hydrogen) atoms. The van der Waals surface area contributed by atoms with E-state index in [2.05, 4.69) is 10.4 Å². The quantitative estimate of drug-likeness (QED) is 0.818. The molecule has 2 heterocycles. The van der Waals surface area contributed by atoms with Gasteiger partial charge in [-0.3, -0.25) is 9.59 Å². The third-order valence-electron chi connectivity index (χ3n) is 4.69. The van der Waals surface area contributed by atoms with Crippen LogP contribution in [-0.2, 0) is 19.9 Å². The van der Waals surface area contributed by atoms with Gasteiger partial charge in [0, 0.05) is 29.8 Å². The van der Waals surface area contributed by atoms with E-state index in [1.54, 1.807) is 24.3 Å². The van der Waals surface area contributed by atoms with E-state index in [0.29, 0.717) is 17.0 Å². The number of nitrogens with one attached hydrogen (secondary N) is 1. The lowest BCUT2D eigenvalue weighted by molar-refractivity contribution is -0.140. The third kappa shape index (κ3) is 2.60. The number of carbonyl (C=O) groups excluding carboxylic acids is 2. The Morgan fingerprint density at radius 3 is 2.52 bits per heavy atom. The van der Waals surface area contributed by atoms with Gasteiger partial charge in [-0.2, -0.15) is 5.10 Å². The molecule has 0 aliphatic carbocycles. The van der Waals surface area contributed by atoms with Crippen LogP contribution in [-0.4, -0.2) is 33.6 Å². The summed E-state index contributed by atoms with van der Waals surface area (Å²) in [6.45, 7) is 0. The van der Waals surface area contributed by atoms with Gasteiger partial charge < -0.3 is 10.4 Å². The van der Waals surface area contributed by atoms with Gasteiger partial charge in [0.25, 0.3) is 11.8 Å². The third-order valence-corrected chi connectivity index (χ3v) is 4.69. The first-order valence-electron chi connectivity index (χ1n) is 8.31. The van der Waals surface area contributed by atoms with Gasteiger partial charge >= 0.3 is 5.97 Å². The molecule has 2 amide bonds. The van der Waals surface area contributed by atoms with E-state index < -0.39 is 17.4 Å². The Morgan fingerprint density at radius 1 is 1.07 bits per heavy atom. The lowest BCUT2D eigenvalue weighted by Gasteiger charge is -2.29. The normalized spacial score (nSPS) is 20.7. The summed E-state index contributed by atoms with van der Waals surface area (Å²) in [5, 5.41) is 17.1. The molecule has 2 aliphatic heterocycles. The number of para-hydroxylation sites is 1. The predicted octanol–water partition coefficient (Wildman–Crippen LogP) is 2.11. The number of carboxylic acid groups (broad SMARTS) is 1. The van der Waals surface area contributed by atoms with Gasteiger partial charge in [-0.15, -0.1) is 0 Å². The van der Waals surface area contributed by atoms with Crippen LogP contribution in [0.2, 0.25) is 0 Å². The van der Waals surface area contributed by atoms with Crippen molar-refractivity contribution in [3.63, 3.8) is 0 Å². The molecule has 2 N–H and O–H groups in total. The zero-order valence-corrected chi connectivity index (χ0v) is 14.1. The van der Waals surface area contributed by atoms with E-state index in [4.69, 9.17) is 5.11 Å². The molecule has 2 aromatic carbocycles. The zero-order chi connectivity index (χ0) is 19.0. The minimum Gasteiger partial charge on any atom is -0.478 e. The van der Waals surface area contributed by atoms with Crippen molar-refractivity contribution >= 4 is 29.2 Å². The van der Waals surface area contributed by atoms with Crippen molar-refractivity contribution in [2.45, 2.75) is 12.0 Å². The van der Waals surface area contributed by atoms with E-state index >= 15 is 0 Å². The highest BCUT2D eigenvalue weighted by Gasteiger charge is 2.57. The minimum atomic E-state index is -1.33. The van der Waals surface area contributed by atoms with Gasteiger partial charge in [0.05, 0.1) is 5.71 Å². The van der Waals surface area contributed by atoms with Gasteiger partial charge in [0.1, 0.15) is 0 Å². The van der Waals surface area contributed by atoms with Gasteiger partial charge in [0.2, 0.25) is 0 Å². The number of nitrogens with zero attached hydrogens (tertiary/aromatic N) is 2. The lowest BCUT2D eigenvalue weighted by atomic mass is 9.85. The monoisotopic (exact) mass is 361 g/mol. The number of aliphatic carboxylic acids is 1. The van der Waals surface area contributed by atoms with Crippen LogP contribution >= 0.6 is 0 Å². The summed E-state index contributed by atoms with van der Waals surface area (Å²) >= 11 is 0. The predicted molar refractivity (Wildman–Crippen MR) is 98.0 cm³/mol. The van der Waals surface area contributed by atoms with E-state index in [1.165, 1.54) is 0 Å². The van der Waals surface area contributed by atoms with Crippen molar-refractivity contribution in [2.24, 2.45) is 5.10 Å². The molecule has 0 bridgehead atoms. The molecule has 1 atom stereocenters. The average Bonchev–Trinajstić information content (AvgIpc) is 3.21. The molecule has 134 valence electrons. The molecule has 0 saturated heterocycles. The van der Waals surface area contributed by atoms with Crippen LogP contribution in [0.3, 0.4) is 0 Å². The van der Waals surface area contributed by atoms with Crippen molar-refractivity contribution in [2.75, 3.05) is 5.32 Å². The highest BCUT2D eigenvalue weighted by Crippen LogP contribution is 2.47. The van der Waals surface area contributed by atoms with E-state index in [1.807, 2.05) is 30.3 Å². The molecule has 7 heteroatoms. The summed E-state index contributed by atoms with van der Waals surface area (Å²) in [6, 6.07) is 16.4. The molecule has 2 aromatic rings. The van der Waals surface area contributed by atoms with Crippen LogP contribution in [0.5, 0.6) is 0 Å². The topological polar surface area (TPSA) is 99.1 Å². The number of rotatable bonds is 3.